The van der Waals surface area contributed by atoms with Crippen molar-refractivity contribution in [1.82, 2.24) is 4.90 Å². The lowest BCUT2D eigenvalue weighted by molar-refractivity contribution is -0.385. The normalized spacial score (nSPS) is 15.7. The molecule has 1 heterocycles. The van der Waals surface area contributed by atoms with Gasteiger partial charge in [0.15, 0.2) is 0 Å². The molecule has 1 aliphatic rings. The van der Waals surface area contributed by atoms with E-state index >= 15 is 0 Å². The number of para-hydroxylation sites is 1. The number of thioether (sulfide) groups is 1. The highest BCUT2D eigenvalue weighted by molar-refractivity contribution is 8.26. The molecule has 0 unspecified atom stereocenters. The van der Waals surface area contributed by atoms with Crippen LogP contribution < -0.4 is 0 Å². The molecule has 0 bridgehead atoms. The second kappa shape index (κ2) is 8.72. The minimum atomic E-state index is -0.531. The number of nitro benzene ring substituents is 1. The van der Waals surface area contributed by atoms with Crippen molar-refractivity contribution in [3.05, 3.63) is 44.8 Å². The predicted molar refractivity (Wildman–Crippen MR) is 98.8 cm³/mol. The highest BCUT2D eigenvalue weighted by atomic mass is 32.2. The average molecular weight is 380 g/mol. The van der Waals surface area contributed by atoms with Crippen molar-refractivity contribution in [2.45, 2.75) is 19.8 Å². The number of carbonyl (C=O) groups excluding carboxylic acids is 2. The average Bonchev–Trinajstić information content (AvgIpc) is 2.83. The molecule has 1 fully saturated rings. The van der Waals surface area contributed by atoms with Gasteiger partial charge in [0.25, 0.3) is 11.6 Å². The zero-order valence-electron chi connectivity index (χ0n) is 13.5. The van der Waals surface area contributed by atoms with E-state index in [2.05, 4.69) is 0 Å². The van der Waals surface area contributed by atoms with Gasteiger partial charge in [-0.2, -0.15) is 0 Å². The Morgan fingerprint density at radius 1 is 1.44 bits per heavy atom. The number of carbonyl (C=O) groups is 2. The second-order valence-electron chi connectivity index (χ2n) is 5.16. The number of benzene rings is 1. The Hall–Kier alpha value is -2.26. The number of esters is 1. The summed E-state index contributed by atoms with van der Waals surface area (Å²) < 4.78 is 5.26. The fraction of sp³-hybridized carbons (Fsp3) is 0.312. The molecule has 1 amide bonds. The molecule has 1 aliphatic heterocycles. The molecular formula is C16H16N2O5S2. The van der Waals surface area contributed by atoms with Crippen molar-refractivity contribution in [3.8, 4) is 0 Å². The molecule has 1 saturated heterocycles. The van der Waals surface area contributed by atoms with E-state index in [1.165, 1.54) is 12.1 Å². The molecule has 0 aliphatic carbocycles. The summed E-state index contributed by atoms with van der Waals surface area (Å²) in [5, 5.41) is 11.1. The van der Waals surface area contributed by atoms with Crippen LogP contribution in [0.15, 0.2) is 29.2 Å². The summed E-state index contributed by atoms with van der Waals surface area (Å²) in [6.45, 7) is 2.02. The SMILES string of the molecule is CCCCOC(=O)CN1C(=O)/C(=C/c2ccccc2[N+](=O)[O-])SC1=S. The maximum Gasteiger partial charge on any atom is 0.326 e. The summed E-state index contributed by atoms with van der Waals surface area (Å²) in [7, 11) is 0. The van der Waals surface area contributed by atoms with E-state index in [1.807, 2.05) is 6.92 Å². The Balaban J connectivity index is 2.13. The first-order valence-electron chi connectivity index (χ1n) is 7.58. The number of hydrogen-bond donors (Lipinski definition) is 0. The van der Waals surface area contributed by atoms with Crippen LogP contribution in [-0.4, -0.2) is 39.2 Å². The molecule has 0 saturated carbocycles. The van der Waals surface area contributed by atoms with Crippen molar-refractivity contribution in [2.24, 2.45) is 0 Å². The van der Waals surface area contributed by atoms with Crippen LogP contribution >= 0.6 is 24.0 Å². The standard InChI is InChI=1S/C16H16N2O5S2/c1-2-3-8-23-14(19)10-17-15(20)13(25-16(17)24)9-11-6-4-5-7-12(11)18(21)22/h4-7,9H,2-3,8,10H2,1H3/b13-9-. The van der Waals surface area contributed by atoms with Crippen LogP contribution in [0.2, 0.25) is 0 Å². The van der Waals surface area contributed by atoms with Gasteiger partial charge >= 0.3 is 5.97 Å². The van der Waals surface area contributed by atoms with E-state index in [0.29, 0.717) is 12.2 Å². The number of rotatable bonds is 7. The molecule has 2 rings (SSSR count). The van der Waals surface area contributed by atoms with Crippen LogP contribution in [0.4, 0.5) is 5.69 Å². The molecule has 1 aromatic rings. The molecule has 9 heteroatoms. The van der Waals surface area contributed by atoms with Crippen molar-refractivity contribution in [3.63, 3.8) is 0 Å². The minimum Gasteiger partial charge on any atom is -0.464 e. The van der Waals surface area contributed by atoms with E-state index in [0.717, 1.165) is 29.5 Å². The highest BCUT2D eigenvalue weighted by Crippen LogP contribution is 2.34. The second-order valence-corrected chi connectivity index (χ2v) is 6.83. The molecule has 7 nitrogen and oxygen atoms in total. The molecule has 0 N–H and O–H groups in total. The van der Waals surface area contributed by atoms with Gasteiger partial charge in [-0.25, -0.2) is 0 Å². The van der Waals surface area contributed by atoms with Crippen molar-refractivity contribution < 1.29 is 19.2 Å². The number of amides is 1. The van der Waals surface area contributed by atoms with Crippen molar-refractivity contribution in [1.29, 1.82) is 0 Å². The fourth-order valence-corrected chi connectivity index (χ4v) is 3.30. The molecule has 0 atom stereocenters. The van der Waals surface area contributed by atoms with E-state index in [-0.39, 0.29) is 21.5 Å². The van der Waals surface area contributed by atoms with E-state index < -0.39 is 16.8 Å². The zero-order chi connectivity index (χ0) is 18.4. The Labute approximate surface area is 154 Å². The minimum absolute atomic E-state index is 0.105. The Bertz CT molecular complexity index is 748. The Morgan fingerprint density at radius 2 is 2.16 bits per heavy atom. The molecule has 132 valence electrons. The lowest BCUT2D eigenvalue weighted by Gasteiger charge is -2.13. The largest absolute Gasteiger partial charge is 0.464 e. The van der Waals surface area contributed by atoms with Gasteiger partial charge in [-0.3, -0.25) is 24.6 Å². The topological polar surface area (TPSA) is 89.8 Å². The van der Waals surface area contributed by atoms with Crippen LogP contribution in [0.5, 0.6) is 0 Å². The maximum absolute atomic E-state index is 12.4. The number of nitro groups is 1. The van der Waals surface area contributed by atoms with Gasteiger partial charge in [0.2, 0.25) is 0 Å². The smallest absolute Gasteiger partial charge is 0.326 e. The van der Waals surface area contributed by atoms with Gasteiger partial charge in [0.1, 0.15) is 10.9 Å². The van der Waals surface area contributed by atoms with Crippen LogP contribution in [0.1, 0.15) is 25.3 Å². The van der Waals surface area contributed by atoms with Crippen molar-refractivity contribution in [2.75, 3.05) is 13.2 Å². The van der Waals surface area contributed by atoms with Crippen molar-refractivity contribution >= 4 is 51.9 Å². The first-order valence-corrected chi connectivity index (χ1v) is 8.81. The van der Waals surface area contributed by atoms with E-state index in [1.54, 1.807) is 18.2 Å². The Morgan fingerprint density at radius 3 is 2.84 bits per heavy atom. The summed E-state index contributed by atoms with van der Waals surface area (Å²) in [5.41, 5.74) is 0.199. The van der Waals surface area contributed by atoms with Gasteiger partial charge in [-0.15, -0.1) is 0 Å². The van der Waals surface area contributed by atoms with Gasteiger partial charge < -0.3 is 4.74 Å². The lowest BCUT2D eigenvalue weighted by atomic mass is 10.1. The zero-order valence-corrected chi connectivity index (χ0v) is 15.1. The number of thiocarbonyl (C=S) groups is 1. The third-order valence-corrected chi connectivity index (χ3v) is 4.72. The molecule has 0 radical (unpaired) electrons. The molecule has 25 heavy (non-hydrogen) atoms. The van der Waals surface area contributed by atoms with Crippen LogP contribution in [-0.2, 0) is 14.3 Å². The molecular weight excluding hydrogens is 364 g/mol. The van der Waals surface area contributed by atoms with Gasteiger partial charge in [0.05, 0.1) is 22.0 Å². The van der Waals surface area contributed by atoms with Gasteiger partial charge in [-0.1, -0.05) is 49.5 Å². The lowest BCUT2D eigenvalue weighted by Crippen LogP contribution is -2.34. The van der Waals surface area contributed by atoms with Crippen LogP contribution in [0.25, 0.3) is 6.08 Å². The number of hydrogen-bond acceptors (Lipinski definition) is 7. The van der Waals surface area contributed by atoms with Gasteiger partial charge in [-0.05, 0) is 18.6 Å². The first kappa shape index (κ1) is 19.1. The first-order chi connectivity index (χ1) is 11.9. The van der Waals surface area contributed by atoms with Crippen LogP contribution in [0.3, 0.4) is 0 Å². The Kier molecular flexibility index (Phi) is 6.65. The third kappa shape index (κ3) is 4.86. The predicted octanol–water partition coefficient (Wildman–Crippen LogP) is 3.14. The monoisotopic (exact) mass is 380 g/mol. The summed E-state index contributed by atoms with van der Waals surface area (Å²) >= 11 is 6.14. The van der Waals surface area contributed by atoms with Crippen LogP contribution in [0, 0.1) is 10.1 Å². The van der Waals surface area contributed by atoms with E-state index in [4.69, 9.17) is 17.0 Å². The fourth-order valence-electron chi connectivity index (χ4n) is 2.06. The summed E-state index contributed by atoms with van der Waals surface area (Å²) in [4.78, 5) is 36.1. The third-order valence-electron chi connectivity index (χ3n) is 3.34. The molecule has 0 spiro atoms. The molecule has 1 aromatic carbocycles. The van der Waals surface area contributed by atoms with E-state index in [9.17, 15) is 19.7 Å². The number of nitrogens with zero attached hydrogens (tertiary/aromatic N) is 2. The molecule has 0 aromatic heterocycles. The highest BCUT2D eigenvalue weighted by Gasteiger charge is 2.34. The number of unbranched alkanes of at least 4 members (excludes halogenated alkanes) is 1. The maximum atomic E-state index is 12.4. The summed E-state index contributed by atoms with van der Waals surface area (Å²) in [6.07, 6.45) is 3.06. The summed E-state index contributed by atoms with van der Waals surface area (Å²) in [5.74, 6) is -0.989. The number of ether oxygens (including phenoxy) is 1. The quantitative estimate of drug-likeness (QED) is 0.179. The van der Waals surface area contributed by atoms with Gasteiger partial charge in [0, 0.05) is 6.07 Å². The summed E-state index contributed by atoms with van der Waals surface area (Å²) in [6, 6.07) is 6.10.